The van der Waals surface area contributed by atoms with Crippen LogP contribution in [0.5, 0.6) is 0 Å². The summed E-state index contributed by atoms with van der Waals surface area (Å²) in [6.45, 7) is 4.14. The molecule has 26 heavy (non-hydrogen) atoms. The largest absolute Gasteiger partial charge is 0.365 e. The Kier molecular flexibility index (Phi) is 6.35. The molecule has 2 heterocycles. The first-order chi connectivity index (χ1) is 12.6. The van der Waals surface area contributed by atoms with Crippen LogP contribution in [0.4, 0.5) is 0 Å². The summed E-state index contributed by atoms with van der Waals surface area (Å²) in [5.74, 6) is -0.0484. The fourth-order valence-corrected chi connectivity index (χ4v) is 3.06. The summed E-state index contributed by atoms with van der Waals surface area (Å²) in [5, 5.41) is 8.54. The molecule has 0 unspecified atom stereocenters. The van der Waals surface area contributed by atoms with Crippen molar-refractivity contribution < 1.29 is 9.53 Å². The van der Waals surface area contributed by atoms with Crippen molar-refractivity contribution in [3.05, 3.63) is 47.3 Å². The third-order valence-corrected chi connectivity index (χ3v) is 4.66. The van der Waals surface area contributed by atoms with Crippen LogP contribution in [0.25, 0.3) is 0 Å². The van der Waals surface area contributed by atoms with Gasteiger partial charge < -0.3 is 9.64 Å². The van der Waals surface area contributed by atoms with Gasteiger partial charge in [0.1, 0.15) is 12.3 Å². The molecule has 0 fully saturated rings. The van der Waals surface area contributed by atoms with Crippen molar-refractivity contribution >= 4 is 5.91 Å². The zero-order valence-electron chi connectivity index (χ0n) is 15.6. The van der Waals surface area contributed by atoms with Gasteiger partial charge in [0.25, 0.3) is 0 Å². The number of hydrogen-bond donors (Lipinski definition) is 0. The second-order valence-corrected chi connectivity index (χ2v) is 6.85. The lowest BCUT2D eigenvalue weighted by Crippen LogP contribution is -2.27. The standard InChI is InChI=1S/C19H27N5O2/c1-22(2)19(25)15-26-14-17-18-13-23(10-6-11-24(18)21-20-17)12-9-16-7-4-3-5-8-16/h3-5,7-8H,6,9-15H2,1-2H3. The molecular weight excluding hydrogens is 330 g/mol. The molecule has 2 aromatic rings. The van der Waals surface area contributed by atoms with E-state index in [4.69, 9.17) is 4.74 Å². The molecule has 0 saturated carbocycles. The SMILES string of the molecule is CN(C)C(=O)COCc1nnn2c1CN(CCc1ccccc1)CCC2. The molecule has 1 aromatic carbocycles. The van der Waals surface area contributed by atoms with Gasteiger partial charge in [-0.05, 0) is 18.4 Å². The Morgan fingerprint density at radius 2 is 2.04 bits per heavy atom. The molecule has 0 atom stereocenters. The number of carbonyl (C=O) groups excluding carboxylic acids is 1. The van der Waals surface area contributed by atoms with E-state index in [2.05, 4.69) is 39.5 Å². The third kappa shape index (κ3) is 4.89. The molecule has 1 aromatic heterocycles. The molecule has 3 rings (SSSR count). The van der Waals surface area contributed by atoms with Gasteiger partial charge in [-0.1, -0.05) is 35.5 Å². The minimum absolute atomic E-state index is 0.0484. The van der Waals surface area contributed by atoms with Crippen LogP contribution in [0.2, 0.25) is 0 Å². The van der Waals surface area contributed by atoms with Gasteiger partial charge in [-0.25, -0.2) is 4.68 Å². The normalized spacial score (nSPS) is 14.7. The van der Waals surface area contributed by atoms with Crippen LogP contribution < -0.4 is 0 Å². The Labute approximate surface area is 154 Å². The highest BCUT2D eigenvalue weighted by atomic mass is 16.5. The van der Waals surface area contributed by atoms with Crippen LogP contribution in [0.1, 0.15) is 23.4 Å². The molecule has 140 valence electrons. The van der Waals surface area contributed by atoms with Crippen LogP contribution in [0.3, 0.4) is 0 Å². The highest BCUT2D eigenvalue weighted by Gasteiger charge is 2.20. The van der Waals surface area contributed by atoms with Gasteiger partial charge in [0, 0.05) is 40.3 Å². The number of fused-ring (bicyclic) bond motifs is 1. The van der Waals surface area contributed by atoms with E-state index in [1.54, 1.807) is 14.1 Å². The smallest absolute Gasteiger partial charge is 0.248 e. The van der Waals surface area contributed by atoms with Gasteiger partial charge in [0.15, 0.2) is 0 Å². The lowest BCUT2D eigenvalue weighted by molar-refractivity contribution is -0.134. The van der Waals surface area contributed by atoms with Crippen LogP contribution in [-0.2, 0) is 35.6 Å². The van der Waals surface area contributed by atoms with Gasteiger partial charge >= 0.3 is 0 Å². The molecule has 0 saturated heterocycles. The molecule has 0 aliphatic carbocycles. The maximum absolute atomic E-state index is 11.6. The van der Waals surface area contributed by atoms with E-state index in [1.165, 1.54) is 10.5 Å². The number of carbonyl (C=O) groups is 1. The maximum Gasteiger partial charge on any atom is 0.248 e. The third-order valence-electron chi connectivity index (χ3n) is 4.66. The van der Waals surface area contributed by atoms with E-state index in [-0.39, 0.29) is 12.5 Å². The summed E-state index contributed by atoms with van der Waals surface area (Å²) >= 11 is 0. The zero-order valence-corrected chi connectivity index (χ0v) is 15.6. The fraction of sp³-hybridized carbons (Fsp3) is 0.526. The second-order valence-electron chi connectivity index (χ2n) is 6.85. The number of ether oxygens (including phenoxy) is 1. The van der Waals surface area contributed by atoms with Crippen molar-refractivity contribution in [2.45, 2.75) is 32.5 Å². The number of nitrogens with zero attached hydrogens (tertiary/aromatic N) is 5. The van der Waals surface area contributed by atoms with E-state index >= 15 is 0 Å². The van der Waals surface area contributed by atoms with E-state index in [0.717, 1.165) is 50.4 Å². The summed E-state index contributed by atoms with van der Waals surface area (Å²) < 4.78 is 7.53. The predicted molar refractivity (Wildman–Crippen MR) is 98.4 cm³/mol. The summed E-state index contributed by atoms with van der Waals surface area (Å²) in [6, 6.07) is 10.6. The highest BCUT2D eigenvalue weighted by molar-refractivity contribution is 5.76. The minimum atomic E-state index is -0.0484. The van der Waals surface area contributed by atoms with E-state index in [0.29, 0.717) is 6.61 Å². The summed E-state index contributed by atoms with van der Waals surface area (Å²) in [6.07, 6.45) is 2.09. The number of aromatic nitrogens is 3. The number of likely N-dealkylation sites (N-methyl/N-ethyl adjacent to an activating group) is 1. The first-order valence-electron chi connectivity index (χ1n) is 9.09. The molecule has 7 heteroatoms. The average molecular weight is 357 g/mol. The summed E-state index contributed by atoms with van der Waals surface area (Å²) in [4.78, 5) is 15.6. The van der Waals surface area contributed by atoms with Gasteiger partial charge in [-0.15, -0.1) is 5.10 Å². The minimum Gasteiger partial charge on any atom is -0.365 e. The summed E-state index contributed by atoms with van der Waals surface area (Å²) in [7, 11) is 3.45. The predicted octanol–water partition coefficient (Wildman–Crippen LogP) is 1.33. The van der Waals surface area contributed by atoms with Crippen LogP contribution in [0.15, 0.2) is 30.3 Å². The molecule has 0 bridgehead atoms. The van der Waals surface area contributed by atoms with E-state index in [1.807, 2.05) is 10.7 Å². The zero-order chi connectivity index (χ0) is 18.4. The molecule has 1 aliphatic rings. The van der Waals surface area contributed by atoms with Gasteiger partial charge in [-0.3, -0.25) is 9.69 Å². The van der Waals surface area contributed by atoms with Gasteiger partial charge in [0.05, 0.1) is 12.3 Å². The molecule has 7 nitrogen and oxygen atoms in total. The lowest BCUT2D eigenvalue weighted by Gasteiger charge is -2.19. The topological polar surface area (TPSA) is 63.5 Å². The van der Waals surface area contributed by atoms with Gasteiger partial charge in [0.2, 0.25) is 5.91 Å². The molecule has 0 N–H and O–H groups in total. The Morgan fingerprint density at radius 1 is 1.23 bits per heavy atom. The van der Waals surface area contributed by atoms with Crippen molar-refractivity contribution in [2.75, 3.05) is 33.8 Å². The van der Waals surface area contributed by atoms with Gasteiger partial charge in [-0.2, -0.15) is 0 Å². The van der Waals surface area contributed by atoms with Crippen LogP contribution >= 0.6 is 0 Å². The quantitative estimate of drug-likeness (QED) is 0.748. The number of amides is 1. The Hall–Kier alpha value is -2.25. The van der Waals surface area contributed by atoms with Crippen molar-refractivity contribution in [1.29, 1.82) is 0 Å². The second kappa shape index (κ2) is 8.91. The molecule has 0 spiro atoms. The van der Waals surface area contributed by atoms with Crippen molar-refractivity contribution in [3.63, 3.8) is 0 Å². The maximum atomic E-state index is 11.6. The fourth-order valence-electron chi connectivity index (χ4n) is 3.06. The van der Waals surface area contributed by atoms with E-state index < -0.39 is 0 Å². The molecule has 1 amide bonds. The molecule has 0 radical (unpaired) electrons. The highest BCUT2D eigenvalue weighted by Crippen LogP contribution is 2.16. The van der Waals surface area contributed by atoms with Crippen LogP contribution in [0, 0.1) is 0 Å². The van der Waals surface area contributed by atoms with Crippen molar-refractivity contribution in [1.82, 2.24) is 24.8 Å². The first-order valence-corrected chi connectivity index (χ1v) is 9.09. The first kappa shape index (κ1) is 18.5. The Balaban J connectivity index is 1.57. The lowest BCUT2D eigenvalue weighted by atomic mass is 10.1. The average Bonchev–Trinajstić information content (AvgIpc) is 2.89. The number of benzene rings is 1. The number of aryl methyl sites for hydroxylation is 1. The molecular formula is C19H27N5O2. The number of rotatable bonds is 7. The Morgan fingerprint density at radius 3 is 2.81 bits per heavy atom. The monoisotopic (exact) mass is 357 g/mol. The van der Waals surface area contributed by atoms with Crippen LogP contribution in [-0.4, -0.2) is 64.5 Å². The summed E-state index contributed by atoms with van der Waals surface area (Å²) in [5.41, 5.74) is 3.30. The van der Waals surface area contributed by atoms with Crippen molar-refractivity contribution in [2.24, 2.45) is 0 Å². The Bertz CT molecular complexity index is 714. The van der Waals surface area contributed by atoms with E-state index in [9.17, 15) is 4.79 Å². The number of hydrogen-bond acceptors (Lipinski definition) is 5. The molecule has 1 aliphatic heterocycles. The van der Waals surface area contributed by atoms with Crippen molar-refractivity contribution in [3.8, 4) is 0 Å².